The van der Waals surface area contributed by atoms with E-state index in [1.54, 1.807) is 7.05 Å². The summed E-state index contributed by atoms with van der Waals surface area (Å²) in [5, 5.41) is 17.6. The number of nitrogens with one attached hydrogen (secondary N) is 2. The number of aromatic nitrogens is 3. The molecule has 1 aliphatic heterocycles. The van der Waals surface area contributed by atoms with E-state index in [4.69, 9.17) is 0 Å². The zero-order valence-corrected chi connectivity index (χ0v) is 21.7. The van der Waals surface area contributed by atoms with Crippen molar-refractivity contribution < 1.29 is 0 Å². The number of rotatable bonds is 6. The van der Waals surface area contributed by atoms with Gasteiger partial charge in [0.15, 0.2) is 17.4 Å². The third-order valence-corrected chi connectivity index (χ3v) is 6.97. The third-order valence-electron chi connectivity index (χ3n) is 5.95. The minimum atomic E-state index is 0. The highest BCUT2D eigenvalue weighted by molar-refractivity contribution is 14.0. The van der Waals surface area contributed by atoms with Gasteiger partial charge < -0.3 is 10.6 Å². The number of hydrogen-bond acceptors (Lipinski definition) is 5. The van der Waals surface area contributed by atoms with Crippen molar-refractivity contribution in [3.8, 4) is 0 Å². The first-order chi connectivity index (χ1) is 15.8. The van der Waals surface area contributed by atoms with Crippen LogP contribution in [0.5, 0.6) is 0 Å². The van der Waals surface area contributed by atoms with E-state index in [9.17, 15) is 0 Å². The largest absolute Gasteiger partial charge is 0.354 e. The molecule has 33 heavy (non-hydrogen) atoms. The predicted molar refractivity (Wildman–Crippen MR) is 144 cm³/mol. The predicted octanol–water partition coefficient (Wildman–Crippen LogP) is 3.87. The van der Waals surface area contributed by atoms with Crippen LogP contribution in [0.15, 0.2) is 71.2 Å². The normalized spacial score (nSPS) is 15.0. The lowest BCUT2D eigenvalue weighted by molar-refractivity contribution is 0.181. The van der Waals surface area contributed by atoms with Gasteiger partial charge in [0.1, 0.15) is 0 Å². The summed E-state index contributed by atoms with van der Waals surface area (Å²) in [6.45, 7) is 3.36. The van der Waals surface area contributed by atoms with Gasteiger partial charge in [0.05, 0.1) is 12.6 Å². The van der Waals surface area contributed by atoms with Gasteiger partial charge in [-0.05, 0) is 41.1 Å². The first-order valence-corrected chi connectivity index (χ1v) is 11.8. The molecule has 7 nitrogen and oxygen atoms in total. The van der Waals surface area contributed by atoms with E-state index in [2.05, 4.69) is 72.5 Å². The van der Waals surface area contributed by atoms with Crippen LogP contribution in [0.25, 0.3) is 5.65 Å². The first kappa shape index (κ1) is 23.7. The van der Waals surface area contributed by atoms with Crippen LogP contribution < -0.4 is 10.6 Å². The Labute approximate surface area is 215 Å². The molecule has 1 unspecified atom stereocenters. The Morgan fingerprint density at radius 1 is 1.09 bits per heavy atom. The number of aliphatic imine (C=N–C) groups is 1. The van der Waals surface area contributed by atoms with Crippen molar-refractivity contribution in [1.29, 1.82) is 0 Å². The smallest absolute Gasteiger partial charge is 0.191 e. The van der Waals surface area contributed by atoms with E-state index in [1.807, 2.05) is 40.1 Å². The third kappa shape index (κ3) is 5.36. The van der Waals surface area contributed by atoms with Gasteiger partial charge in [0.25, 0.3) is 0 Å². The fraction of sp³-hybridized carbons (Fsp3) is 0.292. The second-order valence-corrected chi connectivity index (χ2v) is 8.87. The van der Waals surface area contributed by atoms with Gasteiger partial charge in [0.2, 0.25) is 0 Å². The number of benzene rings is 1. The maximum atomic E-state index is 4.43. The van der Waals surface area contributed by atoms with Crippen LogP contribution in [0.3, 0.4) is 0 Å². The lowest BCUT2D eigenvalue weighted by Crippen LogP contribution is -2.44. The van der Waals surface area contributed by atoms with Crippen LogP contribution in [0.2, 0.25) is 0 Å². The molecule has 2 N–H and O–H groups in total. The molecular weight excluding hydrogens is 545 g/mol. The standard InChI is InChI=1S/C24H27N7S.HI/c1-25-24(27-16-23-29-28-22-9-5-6-12-31(22)23)26-15-20(18-7-3-2-4-8-18)30-13-10-21-19(17-30)11-14-32-21;/h2-9,11-12,14,20H,10,13,15-17H2,1H3,(H2,25,26,27);1H. The summed E-state index contributed by atoms with van der Waals surface area (Å²) in [4.78, 5) is 8.52. The summed E-state index contributed by atoms with van der Waals surface area (Å²) in [6, 6.07) is 19.2. The van der Waals surface area contributed by atoms with E-state index in [0.29, 0.717) is 6.54 Å². The van der Waals surface area contributed by atoms with Crippen molar-refractivity contribution in [2.24, 2.45) is 4.99 Å². The number of guanidine groups is 1. The van der Waals surface area contributed by atoms with Gasteiger partial charge in [-0.3, -0.25) is 14.3 Å². The van der Waals surface area contributed by atoms with Crippen molar-refractivity contribution in [3.05, 3.63) is 88.0 Å². The summed E-state index contributed by atoms with van der Waals surface area (Å²) in [5.74, 6) is 1.61. The van der Waals surface area contributed by atoms with Crippen LogP contribution in [0, 0.1) is 0 Å². The Morgan fingerprint density at radius 3 is 2.79 bits per heavy atom. The summed E-state index contributed by atoms with van der Waals surface area (Å²) in [7, 11) is 1.80. The van der Waals surface area contributed by atoms with E-state index < -0.39 is 0 Å². The lowest BCUT2D eigenvalue weighted by Gasteiger charge is -2.35. The molecule has 172 valence electrons. The number of thiophene rings is 1. The van der Waals surface area contributed by atoms with Crippen LogP contribution in [-0.2, 0) is 19.5 Å². The fourth-order valence-corrected chi connectivity index (χ4v) is 5.15. The minimum Gasteiger partial charge on any atom is -0.354 e. The fourth-order valence-electron chi connectivity index (χ4n) is 4.26. The van der Waals surface area contributed by atoms with E-state index >= 15 is 0 Å². The Hall–Kier alpha value is -2.50. The maximum Gasteiger partial charge on any atom is 0.191 e. The minimum absolute atomic E-state index is 0. The van der Waals surface area contributed by atoms with E-state index in [0.717, 1.165) is 43.5 Å². The number of nitrogens with zero attached hydrogens (tertiary/aromatic N) is 5. The van der Waals surface area contributed by atoms with Crippen LogP contribution in [0.1, 0.15) is 27.9 Å². The number of hydrogen-bond donors (Lipinski definition) is 2. The van der Waals surface area contributed by atoms with Crippen LogP contribution in [-0.4, -0.2) is 45.6 Å². The van der Waals surface area contributed by atoms with Gasteiger partial charge in [-0.15, -0.1) is 45.5 Å². The van der Waals surface area contributed by atoms with E-state index in [1.165, 1.54) is 16.0 Å². The van der Waals surface area contributed by atoms with Crippen molar-refractivity contribution in [2.75, 3.05) is 20.1 Å². The van der Waals surface area contributed by atoms with Gasteiger partial charge in [-0.2, -0.15) is 0 Å². The monoisotopic (exact) mass is 573 g/mol. The zero-order valence-electron chi connectivity index (χ0n) is 18.5. The second-order valence-electron chi connectivity index (χ2n) is 7.87. The zero-order chi connectivity index (χ0) is 21.8. The number of pyridine rings is 1. The highest BCUT2D eigenvalue weighted by Crippen LogP contribution is 2.30. The SMILES string of the molecule is CN=C(NCc1nnc2ccccn12)NCC(c1ccccc1)N1CCc2sccc2C1.I. The average molecular weight is 574 g/mol. The van der Waals surface area contributed by atoms with Gasteiger partial charge in [0, 0.05) is 37.8 Å². The topological polar surface area (TPSA) is 69.8 Å². The van der Waals surface area contributed by atoms with E-state index in [-0.39, 0.29) is 30.0 Å². The molecule has 9 heteroatoms. The molecule has 1 atom stereocenters. The molecule has 1 aliphatic rings. The quantitative estimate of drug-likeness (QED) is 0.208. The average Bonchev–Trinajstić information content (AvgIpc) is 3.48. The molecule has 0 fully saturated rings. The van der Waals surface area contributed by atoms with Crippen molar-refractivity contribution >= 4 is 46.9 Å². The Morgan fingerprint density at radius 2 is 1.94 bits per heavy atom. The molecule has 0 saturated carbocycles. The van der Waals surface area contributed by atoms with Crippen molar-refractivity contribution in [3.63, 3.8) is 0 Å². The molecule has 3 aromatic heterocycles. The molecule has 4 aromatic rings. The summed E-state index contributed by atoms with van der Waals surface area (Å²) < 4.78 is 1.99. The van der Waals surface area contributed by atoms with Crippen molar-refractivity contribution in [2.45, 2.75) is 25.6 Å². The highest BCUT2D eigenvalue weighted by atomic mass is 127. The first-order valence-electron chi connectivity index (χ1n) is 10.9. The Bertz CT molecular complexity index is 1200. The molecule has 5 rings (SSSR count). The number of halogens is 1. The number of fused-ring (bicyclic) bond motifs is 2. The Balaban J connectivity index is 0.00000259. The van der Waals surface area contributed by atoms with Gasteiger partial charge >= 0.3 is 0 Å². The molecule has 0 amide bonds. The summed E-state index contributed by atoms with van der Waals surface area (Å²) >= 11 is 1.88. The van der Waals surface area contributed by atoms with Crippen LogP contribution in [0.4, 0.5) is 0 Å². The highest BCUT2D eigenvalue weighted by Gasteiger charge is 2.25. The molecule has 1 aromatic carbocycles. The van der Waals surface area contributed by atoms with Crippen molar-refractivity contribution in [1.82, 2.24) is 30.1 Å². The summed E-state index contributed by atoms with van der Waals surface area (Å²) in [6.07, 6.45) is 3.09. The molecule has 0 radical (unpaired) electrons. The molecular formula is C24H28IN7S. The van der Waals surface area contributed by atoms with Gasteiger partial charge in [-0.1, -0.05) is 36.4 Å². The second kappa shape index (κ2) is 11.1. The lowest BCUT2D eigenvalue weighted by atomic mass is 10.0. The summed E-state index contributed by atoms with van der Waals surface area (Å²) in [5.41, 5.74) is 3.62. The molecule has 0 bridgehead atoms. The van der Waals surface area contributed by atoms with Gasteiger partial charge in [-0.25, -0.2) is 0 Å². The molecule has 0 spiro atoms. The Kier molecular flexibility index (Phi) is 7.94. The molecule has 0 saturated heterocycles. The molecule has 4 heterocycles. The van der Waals surface area contributed by atoms with Crippen LogP contribution >= 0.6 is 35.3 Å². The molecule has 0 aliphatic carbocycles. The maximum absolute atomic E-state index is 4.43.